The van der Waals surface area contributed by atoms with Crippen molar-refractivity contribution >= 4 is 0 Å². The van der Waals surface area contributed by atoms with Gasteiger partial charge >= 0.3 is 0 Å². The third-order valence-electron chi connectivity index (χ3n) is 5.85. The molecule has 4 rings (SSSR count). The number of nitrogens with zero attached hydrogens (tertiary/aromatic N) is 3. The molecule has 2 aromatic rings. The van der Waals surface area contributed by atoms with Crippen molar-refractivity contribution in [2.24, 2.45) is 5.92 Å². The number of piperidine rings is 1. The summed E-state index contributed by atoms with van der Waals surface area (Å²) < 4.78 is 11.3. The molecule has 1 saturated heterocycles. The molecule has 5 nitrogen and oxygen atoms in total. The Morgan fingerprint density at radius 1 is 1.14 bits per heavy atom. The standard InChI is InChI=1S/C23H31N3O2/c1-4-21(20-13-22-23(24-14-20)28-9-8-27-22)26-7-5-6-18(15-26)12-19-10-16(2)25-17(3)11-19/h10-11,13-14,18,21H,4-9,12,15H2,1-3H3/t18-,21-/m1/s1. The lowest BCUT2D eigenvalue weighted by Gasteiger charge is -2.38. The first kappa shape index (κ1) is 19.2. The lowest BCUT2D eigenvalue weighted by molar-refractivity contribution is 0.118. The van der Waals surface area contributed by atoms with Gasteiger partial charge in [-0.2, -0.15) is 0 Å². The van der Waals surface area contributed by atoms with E-state index in [0.717, 1.165) is 43.1 Å². The molecule has 0 aromatic carbocycles. The quantitative estimate of drug-likeness (QED) is 0.774. The highest BCUT2D eigenvalue weighted by molar-refractivity contribution is 5.38. The molecule has 28 heavy (non-hydrogen) atoms. The van der Waals surface area contributed by atoms with Crippen LogP contribution in [0.5, 0.6) is 11.6 Å². The highest BCUT2D eigenvalue weighted by Gasteiger charge is 2.27. The van der Waals surface area contributed by atoms with Gasteiger partial charge in [0, 0.05) is 30.2 Å². The average molecular weight is 382 g/mol. The molecule has 5 heteroatoms. The van der Waals surface area contributed by atoms with Gasteiger partial charge < -0.3 is 9.47 Å². The summed E-state index contributed by atoms with van der Waals surface area (Å²) in [6.07, 6.45) is 6.73. The molecule has 0 aliphatic carbocycles. The first-order valence-corrected chi connectivity index (χ1v) is 10.6. The summed E-state index contributed by atoms with van der Waals surface area (Å²) in [6.45, 7) is 9.91. The van der Waals surface area contributed by atoms with E-state index in [0.29, 0.717) is 31.1 Å². The Morgan fingerprint density at radius 3 is 2.71 bits per heavy atom. The van der Waals surface area contributed by atoms with Crippen LogP contribution in [0.3, 0.4) is 0 Å². The fourth-order valence-corrected chi connectivity index (χ4v) is 4.76. The largest absolute Gasteiger partial charge is 0.484 e. The van der Waals surface area contributed by atoms with E-state index in [1.165, 1.54) is 24.0 Å². The molecule has 2 aromatic heterocycles. The first-order valence-electron chi connectivity index (χ1n) is 10.6. The summed E-state index contributed by atoms with van der Waals surface area (Å²) >= 11 is 0. The zero-order chi connectivity index (χ0) is 19.5. The Hall–Kier alpha value is -2.14. The van der Waals surface area contributed by atoms with Gasteiger partial charge in [-0.15, -0.1) is 0 Å². The number of ether oxygens (including phenoxy) is 2. The van der Waals surface area contributed by atoms with Gasteiger partial charge in [0.2, 0.25) is 0 Å². The third-order valence-corrected chi connectivity index (χ3v) is 5.85. The predicted octanol–water partition coefficient (Wildman–Crippen LogP) is 4.27. The van der Waals surface area contributed by atoms with Gasteiger partial charge in [-0.25, -0.2) is 4.98 Å². The van der Waals surface area contributed by atoms with Crippen molar-refractivity contribution in [3.05, 3.63) is 46.9 Å². The summed E-state index contributed by atoms with van der Waals surface area (Å²) in [5.41, 5.74) is 4.90. The Morgan fingerprint density at radius 2 is 1.93 bits per heavy atom. The van der Waals surface area contributed by atoms with Gasteiger partial charge in [-0.05, 0) is 81.3 Å². The molecule has 150 valence electrons. The van der Waals surface area contributed by atoms with E-state index >= 15 is 0 Å². The molecule has 2 atom stereocenters. The number of aryl methyl sites for hydroxylation is 2. The maximum Gasteiger partial charge on any atom is 0.257 e. The molecule has 0 unspecified atom stereocenters. The van der Waals surface area contributed by atoms with E-state index in [-0.39, 0.29) is 0 Å². The van der Waals surface area contributed by atoms with Crippen LogP contribution in [0.25, 0.3) is 0 Å². The van der Waals surface area contributed by atoms with Crippen molar-refractivity contribution in [2.75, 3.05) is 26.3 Å². The normalized spacial score (nSPS) is 20.8. The van der Waals surface area contributed by atoms with Crippen molar-refractivity contribution < 1.29 is 9.47 Å². The van der Waals surface area contributed by atoms with Gasteiger partial charge in [-0.1, -0.05) is 6.92 Å². The van der Waals surface area contributed by atoms with Crippen LogP contribution >= 0.6 is 0 Å². The van der Waals surface area contributed by atoms with Gasteiger partial charge in [0.25, 0.3) is 5.88 Å². The molecule has 4 heterocycles. The molecule has 2 aliphatic rings. The number of fused-ring (bicyclic) bond motifs is 1. The van der Waals surface area contributed by atoms with Gasteiger partial charge in [-0.3, -0.25) is 9.88 Å². The third kappa shape index (κ3) is 4.30. The van der Waals surface area contributed by atoms with Crippen LogP contribution in [0.1, 0.15) is 54.7 Å². The second-order valence-electron chi connectivity index (χ2n) is 8.16. The number of hydrogen-bond donors (Lipinski definition) is 0. The van der Waals surface area contributed by atoms with E-state index < -0.39 is 0 Å². The van der Waals surface area contributed by atoms with Crippen LogP contribution in [0.2, 0.25) is 0 Å². The van der Waals surface area contributed by atoms with Gasteiger partial charge in [0.15, 0.2) is 5.75 Å². The van der Waals surface area contributed by atoms with Crippen molar-refractivity contribution in [2.45, 2.75) is 52.5 Å². The van der Waals surface area contributed by atoms with E-state index in [1.54, 1.807) is 0 Å². The zero-order valence-corrected chi connectivity index (χ0v) is 17.3. The van der Waals surface area contributed by atoms with Crippen LogP contribution in [-0.2, 0) is 6.42 Å². The monoisotopic (exact) mass is 381 g/mol. The molecule has 0 amide bonds. The molecule has 0 bridgehead atoms. The molecule has 0 saturated carbocycles. The smallest absolute Gasteiger partial charge is 0.257 e. The molecule has 0 spiro atoms. The van der Waals surface area contributed by atoms with Gasteiger partial charge in [0.05, 0.1) is 0 Å². The molecular weight excluding hydrogens is 350 g/mol. The van der Waals surface area contributed by atoms with E-state index in [9.17, 15) is 0 Å². The Labute approximate surface area is 168 Å². The molecule has 1 fully saturated rings. The number of hydrogen-bond acceptors (Lipinski definition) is 5. The van der Waals surface area contributed by atoms with Crippen molar-refractivity contribution in [1.82, 2.24) is 14.9 Å². The first-order chi connectivity index (χ1) is 13.6. The highest BCUT2D eigenvalue weighted by Crippen LogP contribution is 2.35. The van der Waals surface area contributed by atoms with Crippen LogP contribution in [0.15, 0.2) is 24.4 Å². The van der Waals surface area contributed by atoms with E-state index in [4.69, 9.17) is 9.47 Å². The SMILES string of the molecule is CC[C@H](c1cnc2c(c1)OCCO2)N1CCC[C@H](Cc2cc(C)nc(C)c2)C1. The van der Waals surface area contributed by atoms with E-state index in [2.05, 4.69) is 53.8 Å². The fourth-order valence-electron chi connectivity index (χ4n) is 4.76. The second-order valence-corrected chi connectivity index (χ2v) is 8.16. The molecule has 0 N–H and O–H groups in total. The van der Waals surface area contributed by atoms with E-state index in [1.807, 2.05) is 6.20 Å². The maximum absolute atomic E-state index is 5.76. The minimum Gasteiger partial charge on any atom is -0.484 e. The summed E-state index contributed by atoms with van der Waals surface area (Å²) in [5, 5.41) is 0. The van der Waals surface area contributed by atoms with Crippen molar-refractivity contribution in [1.29, 1.82) is 0 Å². The number of rotatable bonds is 5. The topological polar surface area (TPSA) is 47.5 Å². The van der Waals surface area contributed by atoms with Crippen LogP contribution in [0.4, 0.5) is 0 Å². The number of likely N-dealkylation sites (tertiary alicyclic amines) is 1. The number of pyridine rings is 2. The van der Waals surface area contributed by atoms with Crippen LogP contribution in [0, 0.1) is 19.8 Å². The minimum atomic E-state index is 0.382. The Balaban J connectivity index is 1.48. The van der Waals surface area contributed by atoms with Crippen LogP contribution < -0.4 is 9.47 Å². The van der Waals surface area contributed by atoms with Crippen molar-refractivity contribution in [3.63, 3.8) is 0 Å². The number of aromatic nitrogens is 2. The van der Waals surface area contributed by atoms with Gasteiger partial charge in [0.1, 0.15) is 13.2 Å². The lowest BCUT2D eigenvalue weighted by Crippen LogP contribution is -2.39. The molecule has 2 aliphatic heterocycles. The summed E-state index contributed by atoms with van der Waals surface area (Å²) in [7, 11) is 0. The summed E-state index contributed by atoms with van der Waals surface area (Å²) in [6, 6.07) is 7.00. The summed E-state index contributed by atoms with van der Waals surface area (Å²) in [4.78, 5) is 11.7. The minimum absolute atomic E-state index is 0.382. The Kier molecular flexibility index (Phi) is 5.81. The maximum atomic E-state index is 5.76. The molecular formula is C23H31N3O2. The zero-order valence-electron chi connectivity index (χ0n) is 17.3. The average Bonchev–Trinajstić information content (AvgIpc) is 2.68. The highest BCUT2D eigenvalue weighted by atomic mass is 16.6. The fraction of sp³-hybridized carbons (Fsp3) is 0.565. The van der Waals surface area contributed by atoms with Crippen LogP contribution in [-0.4, -0.2) is 41.2 Å². The molecule has 0 radical (unpaired) electrons. The second kappa shape index (κ2) is 8.48. The van der Waals surface area contributed by atoms with Crippen molar-refractivity contribution in [3.8, 4) is 11.6 Å². The lowest BCUT2D eigenvalue weighted by atomic mass is 9.89. The predicted molar refractivity (Wildman–Crippen MR) is 110 cm³/mol. The summed E-state index contributed by atoms with van der Waals surface area (Å²) in [5.74, 6) is 2.11. The Bertz CT molecular complexity index is 803.